The number of benzene rings is 4. The van der Waals surface area contributed by atoms with Crippen molar-refractivity contribution >= 4 is 23.0 Å². The van der Waals surface area contributed by atoms with Gasteiger partial charge < -0.3 is 20.1 Å². The Labute approximate surface area is 233 Å². The number of hydrogen-bond donors (Lipinski definition) is 3. The van der Waals surface area contributed by atoms with Crippen molar-refractivity contribution in [3.8, 4) is 45.3 Å². The average Bonchev–Trinajstić information content (AvgIpc) is 2.88. The van der Waals surface area contributed by atoms with E-state index in [0.29, 0.717) is 0 Å². The number of ether oxygens (including phenoxy) is 1. The zero-order valence-corrected chi connectivity index (χ0v) is 23.5. The van der Waals surface area contributed by atoms with Crippen LogP contribution in [-0.2, 0) is 4.79 Å². The molecule has 10 nitrogen and oxygen atoms in total. The van der Waals surface area contributed by atoms with Crippen molar-refractivity contribution in [1.29, 1.82) is 0 Å². The minimum Gasteiger partial charge on any atom is -0.507 e. The van der Waals surface area contributed by atoms with Crippen LogP contribution < -0.4 is 26.5 Å². The molecular weight excluding hydrogens is 532 g/mol. The van der Waals surface area contributed by atoms with E-state index >= 15 is 0 Å². The molecule has 0 aliphatic heterocycles. The molecule has 0 unspecified atom stereocenters. The topological polar surface area (TPSA) is 172 Å². The van der Waals surface area contributed by atoms with E-state index in [1.165, 1.54) is 13.8 Å². The molecule has 0 heterocycles. The summed E-state index contributed by atoms with van der Waals surface area (Å²) in [5.74, 6) is -3.56. The molecule has 2 aromatic carbocycles. The standard InChI is InChI=1S/C31H28O10/c1-10(2)18-22-15(8-17(29(18)38)41-14(7)33)27(36)20(12(5)25(22)34)21-13(6)26(35)24-19(11(3)4)31(40)28(37)16(9-32)23(24)30(21)39/h8-11,34,36,38H,1-7H3. The van der Waals surface area contributed by atoms with Crippen LogP contribution in [0.1, 0.15) is 79.1 Å². The molecule has 0 spiro atoms. The second-order valence-electron chi connectivity index (χ2n) is 10.7. The van der Waals surface area contributed by atoms with Gasteiger partial charge in [0.2, 0.25) is 10.9 Å². The Bertz CT molecular complexity index is 1990. The normalized spacial score (nSPS) is 11.6. The van der Waals surface area contributed by atoms with Crippen LogP contribution in [0.4, 0.5) is 0 Å². The SMILES string of the molecule is CC(=O)Oc1cc2c(O)c(-c3c(C)c(=O)c4c(C(C)C)c(=O)c(=O)c(C=O)c-4c3=O)c(C)c(O)c2c(C(C)C)c1O. The van der Waals surface area contributed by atoms with Crippen molar-refractivity contribution in [3.05, 3.63) is 74.8 Å². The molecule has 212 valence electrons. The van der Waals surface area contributed by atoms with Crippen LogP contribution in [0.25, 0.3) is 33.0 Å². The zero-order chi connectivity index (χ0) is 30.8. The molecule has 41 heavy (non-hydrogen) atoms. The van der Waals surface area contributed by atoms with Gasteiger partial charge in [0.1, 0.15) is 11.5 Å². The van der Waals surface area contributed by atoms with E-state index in [1.807, 2.05) is 0 Å². The third-order valence-electron chi connectivity index (χ3n) is 7.42. The summed E-state index contributed by atoms with van der Waals surface area (Å²) in [5, 5.41) is 33.8. The van der Waals surface area contributed by atoms with E-state index in [-0.39, 0.29) is 61.8 Å². The summed E-state index contributed by atoms with van der Waals surface area (Å²) < 4.78 is 5.13. The third kappa shape index (κ3) is 4.09. The van der Waals surface area contributed by atoms with E-state index in [0.717, 1.165) is 13.0 Å². The number of rotatable bonds is 5. The number of phenolic OH excluding ortho intramolecular Hbond substituents is 3. The second-order valence-corrected chi connectivity index (χ2v) is 10.7. The number of esters is 1. The fourth-order valence-corrected chi connectivity index (χ4v) is 5.60. The first-order valence-electron chi connectivity index (χ1n) is 12.8. The highest BCUT2D eigenvalue weighted by Crippen LogP contribution is 2.51. The lowest BCUT2D eigenvalue weighted by molar-refractivity contribution is -0.132. The van der Waals surface area contributed by atoms with Crippen molar-refractivity contribution < 1.29 is 29.6 Å². The summed E-state index contributed by atoms with van der Waals surface area (Å²) in [7, 11) is 0. The van der Waals surface area contributed by atoms with Gasteiger partial charge >= 0.3 is 5.97 Å². The van der Waals surface area contributed by atoms with Gasteiger partial charge in [0.05, 0.1) is 5.56 Å². The second kappa shape index (κ2) is 9.96. The van der Waals surface area contributed by atoms with Crippen molar-refractivity contribution in [2.45, 2.75) is 60.3 Å². The number of hydrogen-bond acceptors (Lipinski definition) is 10. The summed E-state index contributed by atoms with van der Waals surface area (Å²) in [5.41, 5.74) is -6.50. The predicted octanol–water partition coefficient (Wildman–Crippen LogP) is 3.65. The van der Waals surface area contributed by atoms with Crippen LogP contribution in [-0.4, -0.2) is 27.6 Å². The maximum atomic E-state index is 14.1. The van der Waals surface area contributed by atoms with Gasteiger partial charge in [-0.25, -0.2) is 0 Å². The lowest BCUT2D eigenvalue weighted by atomic mass is 9.81. The van der Waals surface area contributed by atoms with Crippen LogP contribution in [0.15, 0.2) is 25.2 Å². The maximum Gasteiger partial charge on any atom is 0.308 e. The number of fused-ring (bicyclic) bond motifs is 2. The molecule has 2 aliphatic carbocycles. The molecule has 10 heteroatoms. The van der Waals surface area contributed by atoms with Gasteiger partial charge in [-0.15, -0.1) is 0 Å². The van der Waals surface area contributed by atoms with E-state index < -0.39 is 67.9 Å². The molecule has 2 aromatic rings. The van der Waals surface area contributed by atoms with Gasteiger partial charge in [0.25, 0.3) is 0 Å². The first-order valence-corrected chi connectivity index (χ1v) is 12.8. The first-order chi connectivity index (χ1) is 19.1. The molecule has 0 amide bonds. The number of phenols is 3. The Kier molecular flexibility index (Phi) is 7.07. The van der Waals surface area contributed by atoms with Crippen LogP contribution in [0.3, 0.4) is 0 Å². The summed E-state index contributed by atoms with van der Waals surface area (Å²) in [6, 6.07) is 1.13. The molecule has 0 saturated heterocycles. The molecule has 0 aromatic heterocycles. The maximum absolute atomic E-state index is 14.1. The van der Waals surface area contributed by atoms with Gasteiger partial charge in [0.15, 0.2) is 28.6 Å². The van der Waals surface area contributed by atoms with Crippen molar-refractivity contribution in [3.63, 3.8) is 0 Å². The fraction of sp³-hybridized carbons (Fsp3) is 0.290. The van der Waals surface area contributed by atoms with E-state index in [1.54, 1.807) is 27.7 Å². The van der Waals surface area contributed by atoms with Crippen LogP contribution in [0.2, 0.25) is 0 Å². The van der Waals surface area contributed by atoms with Crippen molar-refractivity contribution in [2.24, 2.45) is 0 Å². The Morgan fingerprint density at radius 1 is 0.732 bits per heavy atom. The van der Waals surface area contributed by atoms with Gasteiger partial charge in [0, 0.05) is 62.2 Å². The van der Waals surface area contributed by atoms with Gasteiger partial charge in [-0.05, 0) is 31.7 Å². The predicted molar refractivity (Wildman–Crippen MR) is 153 cm³/mol. The minimum absolute atomic E-state index is 0.0324. The van der Waals surface area contributed by atoms with Gasteiger partial charge in [-0.2, -0.15) is 0 Å². The monoisotopic (exact) mass is 560 g/mol. The number of carbonyl (C=O) groups is 2. The van der Waals surface area contributed by atoms with Crippen LogP contribution in [0, 0.1) is 13.8 Å². The molecule has 0 bridgehead atoms. The minimum atomic E-state index is -1.21. The Balaban J connectivity index is 2.33. The van der Waals surface area contributed by atoms with Gasteiger partial charge in [-0.3, -0.25) is 28.8 Å². The van der Waals surface area contributed by atoms with Gasteiger partial charge in [-0.1, -0.05) is 27.7 Å². The molecule has 0 radical (unpaired) electrons. The first kappa shape index (κ1) is 29.1. The lowest BCUT2D eigenvalue weighted by Crippen LogP contribution is -2.38. The highest BCUT2D eigenvalue weighted by atomic mass is 16.5. The van der Waals surface area contributed by atoms with Crippen LogP contribution in [0.5, 0.6) is 23.0 Å². The van der Waals surface area contributed by atoms with E-state index in [4.69, 9.17) is 4.74 Å². The molecule has 0 saturated carbocycles. The molecule has 0 fully saturated rings. The van der Waals surface area contributed by atoms with Crippen molar-refractivity contribution in [2.75, 3.05) is 0 Å². The largest absolute Gasteiger partial charge is 0.507 e. The molecule has 0 atom stereocenters. The fourth-order valence-electron chi connectivity index (χ4n) is 5.60. The lowest BCUT2D eigenvalue weighted by Gasteiger charge is -2.22. The van der Waals surface area contributed by atoms with E-state index in [9.17, 15) is 44.1 Å². The smallest absolute Gasteiger partial charge is 0.308 e. The molecule has 3 N–H and O–H groups in total. The summed E-state index contributed by atoms with van der Waals surface area (Å²) in [6.45, 7) is 10.4. The zero-order valence-electron chi connectivity index (χ0n) is 23.5. The molecular formula is C31H28O10. The summed E-state index contributed by atoms with van der Waals surface area (Å²) in [6.07, 6.45) is 0.0593. The number of aldehydes is 1. The number of aromatic hydroxyl groups is 3. The average molecular weight is 561 g/mol. The highest BCUT2D eigenvalue weighted by Gasteiger charge is 2.33. The van der Waals surface area contributed by atoms with Crippen molar-refractivity contribution in [1.82, 2.24) is 0 Å². The Morgan fingerprint density at radius 2 is 1.32 bits per heavy atom. The summed E-state index contributed by atoms with van der Waals surface area (Å²) in [4.78, 5) is 77.1. The van der Waals surface area contributed by atoms with Crippen LogP contribution >= 0.6 is 0 Å². The highest BCUT2D eigenvalue weighted by molar-refractivity contribution is 6.06. The quantitative estimate of drug-likeness (QED) is 0.108. The Morgan fingerprint density at radius 3 is 1.83 bits per heavy atom. The third-order valence-corrected chi connectivity index (χ3v) is 7.42. The summed E-state index contributed by atoms with van der Waals surface area (Å²) >= 11 is 0. The Hall–Kier alpha value is -4.86. The number of carbonyl (C=O) groups excluding carboxylic acids is 2. The van der Waals surface area contributed by atoms with E-state index in [2.05, 4.69) is 0 Å². The molecule has 4 rings (SSSR count). The molecule has 2 aliphatic rings.